The van der Waals surface area contributed by atoms with Gasteiger partial charge in [0.05, 0.1) is 10.5 Å². The Morgan fingerprint density at radius 1 is 1.36 bits per heavy atom. The molecule has 0 saturated carbocycles. The minimum absolute atomic E-state index is 0.297. The summed E-state index contributed by atoms with van der Waals surface area (Å²) >= 11 is 0. The summed E-state index contributed by atoms with van der Waals surface area (Å²) in [4.78, 5) is 0.399. The highest BCUT2D eigenvalue weighted by Gasteiger charge is 2.56. The van der Waals surface area contributed by atoms with Gasteiger partial charge in [-0.3, -0.25) is 0 Å². The molecule has 122 valence electrons. The first kappa shape index (κ1) is 15.9. The van der Waals surface area contributed by atoms with Crippen molar-refractivity contribution in [2.45, 2.75) is 30.3 Å². The molecule has 2 aliphatic rings. The van der Waals surface area contributed by atoms with E-state index in [0.29, 0.717) is 37.1 Å². The third kappa shape index (κ3) is 2.58. The van der Waals surface area contributed by atoms with Gasteiger partial charge in [0.25, 0.3) is 0 Å². The molecular formula is C16H23NO4S. The Hall–Kier alpha value is -0.950. The second-order valence-corrected chi connectivity index (χ2v) is 8.13. The van der Waals surface area contributed by atoms with Gasteiger partial charge in [-0.1, -0.05) is 18.2 Å². The lowest BCUT2D eigenvalue weighted by molar-refractivity contribution is -0.105. The van der Waals surface area contributed by atoms with Crippen LogP contribution in [0, 0.1) is 12.8 Å². The molecule has 0 N–H and O–H groups in total. The van der Waals surface area contributed by atoms with Crippen molar-refractivity contribution in [1.29, 1.82) is 0 Å². The van der Waals surface area contributed by atoms with E-state index in [2.05, 4.69) is 0 Å². The van der Waals surface area contributed by atoms with E-state index in [4.69, 9.17) is 9.47 Å². The van der Waals surface area contributed by atoms with Crippen LogP contribution < -0.4 is 0 Å². The van der Waals surface area contributed by atoms with Crippen molar-refractivity contribution in [3.63, 3.8) is 0 Å². The molecule has 2 fully saturated rings. The molecule has 2 saturated heterocycles. The number of rotatable bonds is 5. The molecule has 0 bridgehead atoms. The third-order valence-corrected chi connectivity index (χ3v) is 6.82. The van der Waals surface area contributed by atoms with Gasteiger partial charge in [0, 0.05) is 33.4 Å². The number of ether oxygens (including phenoxy) is 2. The zero-order valence-corrected chi connectivity index (χ0v) is 13.9. The summed E-state index contributed by atoms with van der Waals surface area (Å²) in [6.45, 7) is 4.15. The summed E-state index contributed by atoms with van der Waals surface area (Å²) in [6.07, 6.45) is 1.91. The SMILES string of the molecule is COCCC1CCOC12CN(S(=O)(=O)c1ccccc1C)C2. The first-order chi connectivity index (χ1) is 10.5. The van der Waals surface area contributed by atoms with Gasteiger partial charge < -0.3 is 9.47 Å². The normalized spacial score (nSPS) is 24.5. The Bertz CT molecular complexity index is 637. The quantitative estimate of drug-likeness (QED) is 0.828. The molecule has 0 aromatic heterocycles. The monoisotopic (exact) mass is 325 g/mol. The number of hydrogen-bond donors (Lipinski definition) is 0. The largest absolute Gasteiger partial charge is 0.385 e. The molecule has 1 unspecified atom stereocenters. The first-order valence-corrected chi connectivity index (χ1v) is 9.12. The van der Waals surface area contributed by atoms with Crippen LogP contribution in [0.1, 0.15) is 18.4 Å². The molecule has 1 spiro atoms. The van der Waals surface area contributed by atoms with E-state index in [1.54, 1.807) is 23.5 Å². The van der Waals surface area contributed by atoms with Crippen molar-refractivity contribution in [1.82, 2.24) is 4.31 Å². The highest BCUT2D eigenvalue weighted by Crippen LogP contribution is 2.43. The maximum atomic E-state index is 12.7. The van der Waals surface area contributed by atoms with E-state index < -0.39 is 10.0 Å². The van der Waals surface area contributed by atoms with Crippen LogP contribution in [0.25, 0.3) is 0 Å². The molecule has 1 aromatic carbocycles. The van der Waals surface area contributed by atoms with E-state index in [9.17, 15) is 8.42 Å². The molecule has 0 aliphatic carbocycles. The zero-order valence-electron chi connectivity index (χ0n) is 13.1. The van der Waals surface area contributed by atoms with Crippen molar-refractivity contribution in [2.75, 3.05) is 33.4 Å². The molecule has 5 nitrogen and oxygen atoms in total. The molecule has 3 rings (SSSR count). The number of sulfonamides is 1. The van der Waals surface area contributed by atoms with E-state index >= 15 is 0 Å². The van der Waals surface area contributed by atoms with Gasteiger partial charge in [0.2, 0.25) is 10.0 Å². The highest BCUT2D eigenvalue weighted by molar-refractivity contribution is 7.89. The van der Waals surface area contributed by atoms with Crippen LogP contribution in [0.2, 0.25) is 0 Å². The summed E-state index contributed by atoms with van der Waals surface area (Å²) in [5, 5.41) is 0. The average molecular weight is 325 g/mol. The van der Waals surface area contributed by atoms with Gasteiger partial charge in [0.15, 0.2) is 0 Å². The lowest BCUT2D eigenvalue weighted by Crippen LogP contribution is -2.66. The zero-order chi connectivity index (χ0) is 15.8. The summed E-state index contributed by atoms with van der Waals surface area (Å²) in [5.74, 6) is 0.385. The van der Waals surface area contributed by atoms with E-state index in [-0.39, 0.29) is 5.60 Å². The molecule has 0 radical (unpaired) electrons. The molecule has 2 aliphatic heterocycles. The van der Waals surface area contributed by atoms with Crippen molar-refractivity contribution in [3.05, 3.63) is 29.8 Å². The molecule has 0 amide bonds. The predicted octanol–water partition coefficient (Wildman–Crippen LogP) is 1.81. The van der Waals surface area contributed by atoms with Crippen molar-refractivity contribution in [2.24, 2.45) is 5.92 Å². The van der Waals surface area contributed by atoms with E-state index in [0.717, 1.165) is 18.4 Å². The smallest absolute Gasteiger partial charge is 0.243 e. The minimum atomic E-state index is -3.42. The lowest BCUT2D eigenvalue weighted by Gasteiger charge is -2.49. The molecule has 6 heteroatoms. The van der Waals surface area contributed by atoms with Crippen molar-refractivity contribution >= 4 is 10.0 Å². The van der Waals surface area contributed by atoms with Crippen LogP contribution in [0.5, 0.6) is 0 Å². The third-order valence-electron chi connectivity index (χ3n) is 4.87. The highest BCUT2D eigenvalue weighted by atomic mass is 32.2. The summed E-state index contributed by atoms with van der Waals surface area (Å²) in [6, 6.07) is 7.12. The van der Waals surface area contributed by atoms with Crippen LogP contribution in [-0.2, 0) is 19.5 Å². The molecule has 2 heterocycles. The topological polar surface area (TPSA) is 55.8 Å². The predicted molar refractivity (Wildman–Crippen MR) is 83.2 cm³/mol. The Morgan fingerprint density at radius 2 is 2.09 bits per heavy atom. The first-order valence-electron chi connectivity index (χ1n) is 7.68. The fourth-order valence-corrected chi connectivity index (χ4v) is 5.29. The van der Waals surface area contributed by atoms with E-state index in [1.165, 1.54) is 0 Å². The van der Waals surface area contributed by atoms with Crippen LogP contribution >= 0.6 is 0 Å². The Morgan fingerprint density at radius 3 is 2.77 bits per heavy atom. The van der Waals surface area contributed by atoms with Crippen molar-refractivity contribution in [3.8, 4) is 0 Å². The summed E-state index contributed by atoms with van der Waals surface area (Å²) in [5.41, 5.74) is 0.487. The molecule has 1 atom stereocenters. The summed E-state index contributed by atoms with van der Waals surface area (Å²) in [7, 11) is -1.73. The van der Waals surface area contributed by atoms with Gasteiger partial charge in [-0.25, -0.2) is 8.42 Å². The van der Waals surface area contributed by atoms with E-state index in [1.807, 2.05) is 19.1 Å². The van der Waals surface area contributed by atoms with Crippen LogP contribution in [0.4, 0.5) is 0 Å². The summed E-state index contributed by atoms with van der Waals surface area (Å²) < 4.78 is 38.1. The molecule has 1 aromatic rings. The minimum Gasteiger partial charge on any atom is -0.385 e. The molecular weight excluding hydrogens is 302 g/mol. The number of methoxy groups -OCH3 is 1. The second kappa shape index (κ2) is 5.92. The number of aryl methyl sites for hydroxylation is 1. The number of benzene rings is 1. The number of nitrogens with zero attached hydrogens (tertiary/aromatic N) is 1. The fourth-order valence-electron chi connectivity index (χ4n) is 3.51. The van der Waals surface area contributed by atoms with Gasteiger partial charge in [-0.05, 0) is 37.3 Å². The number of hydrogen-bond acceptors (Lipinski definition) is 4. The van der Waals surface area contributed by atoms with Crippen LogP contribution in [0.3, 0.4) is 0 Å². The van der Waals surface area contributed by atoms with Gasteiger partial charge >= 0.3 is 0 Å². The average Bonchev–Trinajstić information content (AvgIpc) is 2.87. The standard InChI is InChI=1S/C16H23NO4S/c1-13-5-3-4-6-15(13)22(18,19)17-11-16(12-17)14(7-9-20-2)8-10-21-16/h3-6,14H,7-12H2,1-2H3. The van der Waals surface area contributed by atoms with Gasteiger partial charge in [-0.2, -0.15) is 4.31 Å². The van der Waals surface area contributed by atoms with Gasteiger partial charge in [0.1, 0.15) is 0 Å². The van der Waals surface area contributed by atoms with Crippen LogP contribution in [-0.4, -0.2) is 51.7 Å². The second-order valence-electron chi connectivity index (χ2n) is 6.22. The molecule has 22 heavy (non-hydrogen) atoms. The maximum Gasteiger partial charge on any atom is 0.243 e. The van der Waals surface area contributed by atoms with Gasteiger partial charge in [-0.15, -0.1) is 0 Å². The van der Waals surface area contributed by atoms with Crippen LogP contribution in [0.15, 0.2) is 29.2 Å². The fraction of sp³-hybridized carbons (Fsp3) is 0.625. The van der Waals surface area contributed by atoms with Crippen molar-refractivity contribution < 1.29 is 17.9 Å². The Balaban J connectivity index is 1.74. The Labute approximate surface area is 132 Å². The lowest BCUT2D eigenvalue weighted by atomic mass is 9.80. The maximum absolute atomic E-state index is 12.7. The Kier molecular flexibility index (Phi) is 4.29.